The highest BCUT2D eigenvalue weighted by atomic mass is 16.6. The van der Waals surface area contributed by atoms with Gasteiger partial charge in [-0.2, -0.15) is 0 Å². The Bertz CT molecular complexity index is 226. The van der Waals surface area contributed by atoms with Crippen molar-refractivity contribution in [2.75, 3.05) is 0 Å². The number of aliphatic hydroxyl groups excluding tert-OH is 2. The highest BCUT2D eigenvalue weighted by molar-refractivity contribution is 5.20. The van der Waals surface area contributed by atoms with Gasteiger partial charge in [0.25, 0.3) is 0 Å². The maximum absolute atomic E-state index is 9.63. The summed E-state index contributed by atoms with van der Waals surface area (Å²) in [5.74, 6) is 0. The van der Waals surface area contributed by atoms with Crippen molar-refractivity contribution in [2.45, 2.75) is 38.3 Å². The van der Waals surface area contributed by atoms with E-state index in [0.717, 1.165) is 18.4 Å². The quantitative estimate of drug-likeness (QED) is 0.518. The monoisotopic (exact) mass is 170 g/mol. The molecule has 4 atom stereocenters. The van der Waals surface area contributed by atoms with Crippen LogP contribution in [0.3, 0.4) is 0 Å². The molecule has 1 aliphatic carbocycles. The molecule has 0 amide bonds. The van der Waals surface area contributed by atoms with Gasteiger partial charge in [0.15, 0.2) is 6.29 Å². The van der Waals surface area contributed by atoms with Gasteiger partial charge in [-0.1, -0.05) is 13.5 Å². The van der Waals surface area contributed by atoms with Gasteiger partial charge in [0, 0.05) is 5.41 Å². The number of ether oxygens (including phenoxy) is 1. The molecule has 1 unspecified atom stereocenters. The van der Waals surface area contributed by atoms with Crippen molar-refractivity contribution in [2.24, 2.45) is 5.41 Å². The fourth-order valence-electron chi connectivity index (χ4n) is 2.25. The average molecular weight is 170 g/mol. The summed E-state index contributed by atoms with van der Waals surface area (Å²) in [7, 11) is 0. The van der Waals surface area contributed by atoms with Crippen molar-refractivity contribution in [1.29, 1.82) is 0 Å². The van der Waals surface area contributed by atoms with E-state index < -0.39 is 12.4 Å². The first-order valence-corrected chi connectivity index (χ1v) is 4.25. The third kappa shape index (κ3) is 0.815. The molecule has 2 fully saturated rings. The Morgan fingerprint density at radius 3 is 2.83 bits per heavy atom. The largest absolute Gasteiger partial charge is 0.387 e. The van der Waals surface area contributed by atoms with Crippen molar-refractivity contribution in [3.8, 4) is 0 Å². The van der Waals surface area contributed by atoms with E-state index in [1.54, 1.807) is 0 Å². The van der Waals surface area contributed by atoms with Gasteiger partial charge in [-0.05, 0) is 18.4 Å². The maximum atomic E-state index is 9.63. The van der Waals surface area contributed by atoms with E-state index in [4.69, 9.17) is 4.74 Å². The number of fused-ring (bicyclic) bond motifs is 1. The van der Waals surface area contributed by atoms with Crippen LogP contribution >= 0.6 is 0 Å². The van der Waals surface area contributed by atoms with E-state index in [0.29, 0.717) is 0 Å². The van der Waals surface area contributed by atoms with Crippen LogP contribution in [0.25, 0.3) is 0 Å². The molecule has 2 rings (SSSR count). The Balaban J connectivity index is 2.31. The van der Waals surface area contributed by atoms with Crippen LogP contribution in [0.15, 0.2) is 12.2 Å². The predicted molar refractivity (Wildman–Crippen MR) is 43.4 cm³/mol. The molecule has 1 saturated heterocycles. The smallest absolute Gasteiger partial charge is 0.182 e. The zero-order valence-corrected chi connectivity index (χ0v) is 7.16. The van der Waals surface area contributed by atoms with Crippen LogP contribution in [0.1, 0.15) is 19.8 Å². The Labute approximate surface area is 71.7 Å². The minimum atomic E-state index is -1.03. The number of rotatable bonds is 0. The summed E-state index contributed by atoms with van der Waals surface area (Å²) >= 11 is 0. The van der Waals surface area contributed by atoms with Gasteiger partial charge in [-0.25, -0.2) is 0 Å². The maximum Gasteiger partial charge on any atom is 0.182 e. The third-order valence-electron chi connectivity index (χ3n) is 3.18. The lowest BCUT2D eigenvalue weighted by Crippen LogP contribution is -2.35. The van der Waals surface area contributed by atoms with Crippen molar-refractivity contribution < 1.29 is 14.9 Å². The topological polar surface area (TPSA) is 49.7 Å². The van der Waals surface area contributed by atoms with Crippen LogP contribution in [0.4, 0.5) is 0 Å². The Morgan fingerprint density at radius 2 is 2.25 bits per heavy atom. The molecule has 2 aliphatic rings. The first-order chi connectivity index (χ1) is 5.55. The van der Waals surface area contributed by atoms with Gasteiger partial charge in [-0.3, -0.25) is 0 Å². The molecular formula is C9H14O3. The number of hydrogen-bond donors (Lipinski definition) is 2. The molecule has 3 nitrogen and oxygen atoms in total. The summed E-state index contributed by atoms with van der Waals surface area (Å²) in [4.78, 5) is 0. The molecule has 3 heteroatoms. The van der Waals surface area contributed by atoms with E-state index in [2.05, 4.69) is 6.58 Å². The molecule has 0 aromatic heterocycles. The van der Waals surface area contributed by atoms with Crippen LogP contribution in [0.2, 0.25) is 0 Å². The van der Waals surface area contributed by atoms with Gasteiger partial charge in [0.1, 0.15) is 6.10 Å². The molecule has 0 aromatic carbocycles. The highest BCUT2D eigenvalue weighted by Crippen LogP contribution is 2.50. The number of aliphatic hydroxyl groups is 2. The van der Waals surface area contributed by atoms with E-state index >= 15 is 0 Å². The molecule has 68 valence electrons. The average Bonchev–Trinajstić information content (AvgIpc) is 2.42. The summed E-state index contributed by atoms with van der Waals surface area (Å²) in [5.41, 5.74) is 0.685. The molecule has 0 radical (unpaired) electrons. The first kappa shape index (κ1) is 8.23. The molecule has 0 spiro atoms. The zero-order valence-electron chi connectivity index (χ0n) is 7.16. The summed E-state index contributed by atoms with van der Waals surface area (Å²) < 4.78 is 5.22. The minimum absolute atomic E-state index is 0.150. The van der Waals surface area contributed by atoms with Crippen molar-refractivity contribution in [3.05, 3.63) is 12.2 Å². The SMILES string of the molecule is C=C1CC[C@@]2(C)[C@@H]1OC(O)[C@@H]2O. The second-order valence-electron chi connectivity index (χ2n) is 4.02. The van der Waals surface area contributed by atoms with E-state index in [9.17, 15) is 10.2 Å². The second-order valence-corrected chi connectivity index (χ2v) is 4.02. The summed E-state index contributed by atoms with van der Waals surface area (Å²) in [6.07, 6.45) is -0.194. The van der Waals surface area contributed by atoms with E-state index in [1.807, 2.05) is 6.92 Å². The minimum Gasteiger partial charge on any atom is -0.387 e. The highest BCUT2D eigenvalue weighted by Gasteiger charge is 2.56. The van der Waals surface area contributed by atoms with E-state index in [-0.39, 0.29) is 11.5 Å². The lowest BCUT2D eigenvalue weighted by molar-refractivity contribution is -0.123. The summed E-state index contributed by atoms with van der Waals surface area (Å²) in [6, 6.07) is 0. The standard InChI is InChI=1S/C9H14O3/c1-5-3-4-9(2)6(10)8(11)12-7(5)9/h6-8,10-11H,1,3-4H2,2H3/t6-,7+,8?,9+/m0/s1. The zero-order chi connectivity index (χ0) is 8.93. The fourth-order valence-corrected chi connectivity index (χ4v) is 2.25. The van der Waals surface area contributed by atoms with Crippen LogP contribution in [0.5, 0.6) is 0 Å². The molecule has 0 aromatic rings. The molecule has 0 bridgehead atoms. The molecule has 1 saturated carbocycles. The normalized spacial score (nSPS) is 52.9. The van der Waals surface area contributed by atoms with Crippen LogP contribution in [-0.4, -0.2) is 28.7 Å². The summed E-state index contributed by atoms with van der Waals surface area (Å²) in [6.45, 7) is 5.80. The van der Waals surface area contributed by atoms with Crippen molar-refractivity contribution in [3.63, 3.8) is 0 Å². The van der Waals surface area contributed by atoms with Crippen LogP contribution in [-0.2, 0) is 4.74 Å². The Morgan fingerprint density at radius 1 is 1.58 bits per heavy atom. The van der Waals surface area contributed by atoms with Gasteiger partial charge in [-0.15, -0.1) is 0 Å². The van der Waals surface area contributed by atoms with Crippen LogP contribution < -0.4 is 0 Å². The lowest BCUT2D eigenvalue weighted by atomic mass is 9.82. The molecule has 1 aliphatic heterocycles. The molecule has 2 N–H and O–H groups in total. The van der Waals surface area contributed by atoms with Gasteiger partial charge in [0.05, 0.1) is 6.10 Å². The van der Waals surface area contributed by atoms with Crippen molar-refractivity contribution in [1.82, 2.24) is 0 Å². The van der Waals surface area contributed by atoms with Crippen LogP contribution in [0, 0.1) is 5.41 Å². The Hall–Kier alpha value is -0.380. The fraction of sp³-hybridized carbons (Fsp3) is 0.778. The number of hydrogen-bond acceptors (Lipinski definition) is 3. The third-order valence-corrected chi connectivity index (χ3v) is 3.18. The molecule has 1 heterocycles. The predicted octanol–water partition coefficient (Wildman–Crippen LogP) is 0.421. The molecular weight excluding hydrogens is 156 g/mol. The van der Waals surface area contributed by atoms with Gasteiger partial charge < -0.3 is 14.9 Å². The van der Waals surface area contributed by atoms with Crippen molar-refractivity contribution >= 4 is 0 Å². The lowest BCUT2D eigenvalue weighted by Gasteiger charge is -2.24. The first-order valence-electron chi connectivity index (χ1n) is 4.25. The second kappa shape index (κ2) is 2.31. The van der Waals surface area contributed by atoms with Gasteiger partial charge >= 0.3 is 0 Å². The Kier molecular flexibility index (Phi) is 1.59. The molecule has 12 heavy (non-hydrogen) atoms. The van der Waals surface area contributed by atoms with Gasteiger partial charge in [0.2, 0.25) is 0 Å². The van der Waals surface area contributed by atoms with E-state index in [1.165, 1.54) is 0 Å². The summed E-state index contributed by atoms with van der Waals surface area (Å²) in [5, 5.41) is 18.9.